The molecular weight excluding hydrogens is 236 g/mol. The average Bonchev–Trinajstić information content (AvgIpc) is 3.06. The number of hydrogen-bond acceptors (Lipinski definition) is 3. The third-order valence-corrected chi connectivity index (χ3v) is 4.43. The molecule has 2 aromatic rings. The summed E-state index contributed by atoms with van der Waals surface area (Å²) in [6.45, 7) is 0. The Morgan fingerprint density at radius 1 is 1.37 bits per heavy atom. The maximum Gasteiger partial charge on any atom is 0.0719 e. The standard InChI is InChI=1S/C15H22N4/c1-19-15-9-5-4-8-12(15)14(18-19)10-13(17-16)11-6-2-3-7-11/h4-5,8-9,11,13,17H,2-3,6-7,10,16H2,1H3. The highest BCUT2D eigenvalue weighted by molar-refractivity contribution is 5.81. The molecule has 3 rings (SSSR count). The smallest absolute Gasteiger partial charge is 0.0719 e. The van der Waals surface area contributed by atoms with E-state index in [0.29, 0.717) is 12.0 Å². The number of nitrogens with zero attached hydrogens (tertiary/aromatic N) is 2. The van der Waals surface area contributed by atoms with Crippen LogP contribution < -0.4 is 11.3 Å². The van der Waals surface area contributed by atoms with Crippen LogP contribution in [0, 0.1) is 5.92 Å². The molecule has 0 saturated heterocycles. The van der Waals surface area contributed by atoms with Gasteiger partial charge in [0.05, 0.1) is 11.2 Å². The first kappa shape index (κ1) is 12.6. The third-order valence-electron chi connectivity index (χ3n) is 4.43. The molecule has 1 unspecified atom stereocenters. The van der Waals surface area contributed by atoms with E-state index in [2.05, 4.69) is 34.8 Å². The van der Waals surface area contributed by atoms with Gasteiger partial charge >= 0.3 is 0 Å². The van der Waals surface area contributed by atoms with Crippen LogP contribution in [-0.2, 0) is 13.5 Å². The van der Waals surface area contributed by atoms with Gasteiger partial charge in [-0.05, 0) is 24.8 Å². The fraction of sp³-hybridized carbons (Fsp3) is 0.533. The van der Waals surface area contributed by atoms with E-state index in [1.165, 1.54) is 36.6 Å². The first-order valence-corrected chi connectivity index (χ1v) is 7.16. The van der Waals surface area contributed by atoms with Crippen LogP contribution in [0.15, 0.2) is 24.3 Å². The summed E-state index contributed by atoms with van der Waals surface area (Å²) in [5.41, 5.74) is 5.37. The number of para-hydroxylation sites is 1. The fourth-order valence-corrected chi connectivity index (χ4v) is 3.37. The van der Waals surface area contributed by atoms with Crippen LogP contribution in [0.2, 0.25) is 0 Å². The van der Waals surface area contributed by atoms with Gasteiger partial charge < -0.3 is 0 Å². The highest BCUT2D eigenvalue weighted by atomic mass is 15.3. The van der Waals surface area contributed by atoms with Gasteiger partial charge in [0, 0.05) is 24.9 Å². The van der Waals surface area contributed by atoms with Crippen LogP contribution in [0.25, 0.3) is 10.9 Å². The van der Waals surface area contributed by atoms with Crippen molar-refractivity contribution in [2.24, 2.45) is 18.8 Å². The number of nitrogens with one attached hydrogen (secondary N) is 1. The lowest BCUT2D eigenvalue weighted by Crippen LogP contribution is -2.41. The van der Waals surface area contributed by atoms with E-state index in [1.807, 2.05) is 11.7 Å². The van der Waals surface area contributed by atoms with E-state index in [1.54, 1.807) is 0 Å². The zero-order chi connectivity index (χ0) is 13.2. The van der Waals surface area contributed by atoms with E-state index >= 15 is 0 Å². The van der Waals surface area contributed by atoms with E-state index in [0.717, 1.165) is 12.1 Å². The molecule has 0 radical (unpaired) electrons. The third kappa shape index (κ3) is 2.38. The van der Waals surface area contributed by atoms with Crippen LogP contribution in [0.4, 0.5) is 0 Å². The number of benzene rings is 1. The van der Waals surface area contributed by atoms with Crippen molar-refractivity contribution >= 4 is 10.9 Å². The number of nitrogens with two attached hydrogens (primary N) is 1. The Kier molecular flexibility index (Phi) is 3.53. The summed E-state index contributed by atoms with van der Waals surface area (Å²) in [5, 5.41) is 5.92. The Morgan fingerprint density at radius 3 is 2.84 bits per heavy atom. The van der Waals surface area contributed by atoms with Crippen LogP contribution >= 0.6 is 0 Å². The zero-order valence-electron chi connectivity index (χ0n) is 11.5. The predicted molar refractivity (Wildman–Crippen MR) is 77.5 cm³/mol. The molecule has 1 aromatic carbocycles. The summed E-state index contributed by atoms with van der Waals surface area (Å²) in [7, 11) is 2.01. The summed E-state index contributed by atoms with van der Waals surface area (Å²) in [6, 6.07) is 8.75. The van der Waals surface area contributed by atoms with E-state index < -0.39 is 0 Å². The minimum atomic E-state index is 0.348. The average molecular weight is 258 g/mol. The quantitative estimate of drug-likeness (QED) is 0.652. The second-order valence-corrected chi connectivity index (χ2v) is 5.61. The van der Waals surface area contributed by atoms with Gasteiger partial charge in [-0.3, -0.25) is 16.0 Å². The first-order chi connectivity index (χ1) is 9.29. The molecule has 0 bridgehead atoms. The number of fused-ring (bicyclic) bond motifs is 1. The van der Waals surface area contributed by atoms with Gasteiger partial charge in [-0.15, -0.1) is 0 Å². The maximum atomic E-state index is 5.77. The van der Waals surface area contributed by atoms with Crippen LogP contribution in [0.5, 0.6) is 0 Å². The second-order valence-electron chi connectivity index (χ2n) is 5.61. The number of hydrogen-bond donors (Lipinski definition) is 2. The lowest BCUT2D eigenvalue weighted by atomic mass is 9.94. The van der Waals surface area contributed by atoms with Crippen LogP contribution in [-0.4, -0.2) is 15.8 Å². The predicted octanol–water partition coefficient (Wildman–Crippen LogP) is 2.14. The molecule has 1 aromatic heterocycles. The fourth-order valence-electron chi connectivity index (χ4n) is 3.37. The van der Waals surface area contributed by atoms with E-state index in [4.69, 9.17) is 5.84 Å². The van der Waals surface area contributed by atoms with Gasteiger partial charge in [0.2, 0.25) is 0 Å². The number of aromatic nitrogens is 2. The summed E-state index contributed by atoms with van der Waals surface area (Å²) >= 11 is 0. The number of rotatable bonds is 4. The highest BCUT2D eigenvalue weighted by Crippen LogP contribution is 2.30. The summed E-state index contributed by atoms with van der Waals surface area (Å²) < 4.78 is 1.97. The lowest BCUT2D eigenvalue weighted by molar-refractivity contribution is 0.359. The Balaban J connectivity index is 1.87. The summed E-state index contributed by atoms with van der Waals surface area (Å²) in [6.07, 6.45) is 6.18. The van der Waals surface area contributed by atoms with Crippen molar-refractivity contribution in [1.82, 2.24) is 15.2 Å². The van der Waals surface area contributed by atoms with Crippen molar-refractivity contribution < 1.29 is 0 Å². The molecule has 1 saturated carbocycles. The molecule has 1 aliphatic carbocycles. The normalized spacial score (nSPS) is 18.2. The summed E-state index contributed by atoms with van der Waals surface area (Å²) in [5.74, 6) is 6.47. The van der Waals surface area contributed by atoms with Gasteiger partial charge in [0.1, 0.15) is 0 Å². The van der Waals surface area contributed by atoms with Crippen LogP contribution in [0.1, 0.15) is 31.4 Å². The van der Waals surface area contributed by atoms with Crippen molar-refractivity contribution in [2.75, 3.05) is 0 Å². The molecule has 1 aliphatic rings. The van der Waals surface area contributed by atoms with Crippen molar-refractivity contribution in [2.45, 2.75) is 38.1 Å². The van der Waals surface area contributed by atoms with E-state index in [-0.39, 0.29) is 0 Å². The molecule has 1 fully saturated rings. The van der Waals surface area contributed by atoms with Crippen molar-refractivity contribution in [3.05, 3.63) is 30.0 Å². The Hall–Kier alpha value is -1.39. The van der Waals surface area contributed by atoms with Crippen molar-refractivity contribution in [3.8, 4) is 0 Å². The topological polar surface area (TPSA) is 55.9 Å². The number of aryl methyl sites for hydroxylation is 1. The Morgan fingerprint density at radius 2 is 2.11 bits per heavy atom. The highest BCUT2D eigenvalue weighted by Gasteiger charge is 2.25. The molecule has 4 nitrogen and oxygen atoms in total. The molecule has 1 atom stereocenters. The molecule has 4 heteroatoms. The first-order valence-electron chi connectivity index (χ1n) is 7.16. The molecular formula is C15H22N4. The largest absolute Gasteiger partial charge is 0.271 e. The van der Waals surface area contributed by atoms with E-state index in [9.17, 15) is 0 Å². The molecule has 3 N–H and O–H groups in total. The Labute approximate surface area is 113 Å². The van der Waals surface area contributed by atoms with Crippen LogP contribution in [0.3, 0.4) is 0 Å². The monoisotopic (exact) mass is 258 g/mol. The van der Waals surface area contributed by atoms with Gasteiger partial charge in [-0.2, -0.15) is 5.10 Å². The molecule has 1 heterocycles. The Bertz CT molecular complexity index is 554. The molecule has 19 heavy (non-hydrogen) atoms. The summed E-state index contributed by atoms with van der Waals surface area (Å²) in [4.78, 5) is 0. The van der Waals surface area contributed by atoms with Gasteiger partial charge in [0.25, 0.3) is 0 Å². The minimum absolute atomic E-state index is 0.348. The molecule has 0 aliphatic heterocycles. The van der Waals surface area contributed by atoms with Gasteiger partial charge in [0.15, 0.2) is 0 Å². The maximum absolute atomic E-state index is 5.77. The van der Waals surface area contributed by atoms with Crippen molar-refractivity contribution in [1.29, 1.82) is 0 Å². The number of hydrazine groups is 1. The minimum Gasteiger partial charge on any atom is -0.271 e. The van der Waals surface area contributed by atoms with Gasteiger partial charge in [-0.1, -0.05) is 31.0 Å². The van der Waals surface area contributed by atoms with Gasteiger partial charge in [-0.25, -0.2) is 0 Å². The molecule has 102 valence electrons. The zero-order valence-corrected chi connectivity index (χ0v) is 11.5. The molecule has 0 spiro atoms. The molecule has 0 amide bonds. The lowest BCUT2D eigenvalue weighted by Gasteiger charge is -2.21. The SMILES string of the molecule is Cn1nc(CC(NN)C2CCCC2)c2ccccc21. The second kappa shape index (κ2) is 5.31. The van der Waals surface area contributed by atoms with Crippen molar-refractivity contribution in [3.63, 3.8) is 0 Å².